The molecule has 1 aliphatic rings. The lowest BCUT2D eigenvalue weighted by Crippen LogP contribution is -2.21. The third-order valence-electron chi connectivity index (χ3n) is 4.70. The Morgan fingerprint density at radius 3 is 2.04 bits per heavy atom. The summed E-state index contributed by atoms with van der Waals surface area (Å²) in [5.41, 5.74) is 5.70. The van der Waals surface area contributed by atoms with Crippen molar-refractivity contribution in [2.75, 3.05) is 11.4 Å². The van der Waals surface area contributed by atoms with Crippen molar-refractivity contribution < 1.29 is 0 Å². The maximum Gasteiger partial charge on any atom is 0.0429 e. The van der Waals surface area contributed by atoms with Gasteiger partial charge in [-0.15, -0.1) is 0 Å². The molecule has 0 spiro atoms. The number of rotatable bonds is 4. The largest absolute Gasteiger partial charge is 0.366 e. The van der Waals surface area contributed by atoms with Gasteiger partial charge in [-0.1, -0.05) is 78.9 Å². The summed E-state index contributed by atoms with van der Waals surface area (Å²) in [6.07, 6.45) is 1.11. The summed E-state index contributed by atoms with van der Waals surface area (Å²) in [7, 11) is 0. The molecule has 0 saturated carbocycles. The summed E-state index contributed by atoms with van der Waals surface area (Å²) in [6.45, 7) is 2.09. The Balaban J connectivity index is 1.59. The topological polar surface area (TPSA) is 3.24 Å². The van der Waals surface area contributed by atoms with Gasteiger partial charge in [-0.2, -0.15) is 0 Å². The lowest BCUT2D eigenvalue weighted by molar-refractivity contribution is 0.688. The first kappa shape index (κ1) is 14.1. The summed E-state index contributed by atoms with van der Waals surface area (Å²) < 4.78 is 0. The van der Waals surface area contributed by atoms with Crippen LogP contribution in [0.2, 0.25) is 0 Å². The molecule has 0 radical (unpaired) electrons. The molecule has 0 unspecified atom stereocenters. The summed E-state index contributed by atoms with van der Waals surface area (Å²) in [4.78, 5) is 2.53. The predicted octanol–water partition coefficient (Wildman–Crippen LogP) is 5.03. The maximum atomic E-state index is 2.53. The van der Waals surface area contributed by atoms with E-state index in [4.69, 9.17) is 0 Å². The smallest absolute Gasteiger partial charge is 0.0429 e. The van der Waals surface area contributed by atoms with Crippen LogP contribution in [0.4, 0.5) is 5.69 Å². The number of hydrogen-bond donors (Lipinski definition) is 0. The van der Waals surface area contributed by atoms with E-state index in [1.165, 1.54) is 22.4 Å². The zero-order chi connectivity index (χ0) is 15.5. The van der Waals surface area contributed by atoms with E-state index in [2.05, 4.69) is 89.8 Å². The molecule has 114 valence electrons. The predicted molar refractivity (Wildman–Crippen MR) is 96.8 cm³/mol. The van der Waals surface area contributed by atoms with Crippen LogP contribution in [0.3, 0.4) is 0 Å². The van der Waals surface area contributed by atoms with Crippen molar-refractivity contribution in [2.24, 2.45) is 0 Å². The second kappa shape index (κ2) is 6.29. The van der Waals surface area contributed by atoms with Crippen LogP contribution in [0.1, 0.15) is 22.6 Å². The minimum Gasteiger partial charge on any atom is -0.366 e. The van der Waals surface area contributed by atoms with Crippen LogP contribution in [0, 0.1) is 0 Å². The summed E-state index contributed by atoms with van der Waals surface area (Å²) in [5.74, 6) is 0.581. The maximum absolute atomic E-state index is 2.53. The monoisotopic (exact) mass is 299 g/mol. The average molecular weight is 299 g/mol. The van der Waals surface area contributed by atoms with E-state index in [1.54, 1.807) is 0 Å². The van der Waals surface area contributed by atoms with Crippen LogP contribution in [0.15, 0.2) is 84.9 Å². The minimum atomic E-state index is 0.581. The van der Waals surface area contributed by atoms with E-state index in [0.29, 0.717) is 5.92 Å². The fourth-order valence-electron chi connectivity index (χ4n) is 3.61. The van der Waals surface area contributed by atoms with Crippen molar-refractivity contribution in [3.05, 3.63) is 102 Å². The first-order valence-electron chi connectivity index (χ1n) is 8.32. The van der Waals surface area contributed by atoms with Crippen LogP contribution in [0.25, 0.3) is 0 Å². The van der Waals surface area contributed by atoms with E-state index in [-0.39, 0.29) is 0 Å². The highest BCUT2D eigenvalue weighted by atomic mass is 15.2. The van der Waals surface area contributed by atoms with Gasteiger partial charge < -0.3 is 4.90 Å². The van der Waals surface area contributed by atoms with Gasteiger partial charge in [0.15, 0.2) is 0 Å². The molecule has 1 nitrogen and oxygen atoms in total. The van der Waals surface area contributed by atoms with E-state index >= 15 is 0 Å². The van der Waals surface area contributed by atoms with E-state index in [1.807, 2.05) is 0 Å². The lowest BCUT2D eigenvalue weighted by atomic mass is 9.94. The quantitative estimate of drug-likeness (QED) is 0.653. The molecule has 0 saturated heterocycles. The molecule has 0 N–H and O–H groups in total. The third-order valence-corrected chi connectivity index (χ3v) is 4.70. The molecule has 1 atom stereocenters. The van der Waals surface area contributed by atoms with Gasteiger partial charge in [0.05, 0.1) is 0 Å². The van der Waals surface area contributed by atoms with Crippen molar-refractivity contribution in [2.45, 2.75) is 18.9 Å². The van der Waals surface area contributed by atoms with Crippen LogP contribution < -0.4 is 4.90 Å². The fraction of sp³-hybridized carbons (Fsp3) is 0.182. The van der Waals surface area contributed by atoms with Crippen LogP contribution in [0.5, 0.6) is 0 Å². The molecule has 0 bridgehead atoms. The molecule has 0 aromatic heterocycles. The zero-order valence-electron chi connectivity index (χ0n) is 13.2. The number of hydrogen-bond acceptors (Lipinski definition) is 1. The van der Waals surface area contributed by atoms with Crippen LogP contribution in [-0.4, -0.2) is 6.54 Å². The van der Waals surface area contributed by atoms with Gasteiger partial charge in [0.25, 0.3) is 0 Å². The summed E-state index contributed by atoms with van der Waals surface area (Å²) in [6, 6.07) is 30.5. The van der Waals surface area contributed by atoms with Crippen molar-refractivity contribution in [3.8, 4) is 0 Å². The van der Waals surface area contributed by atoms with Gasteiger partial charge in [0.1, 0.15) is 0 Å². The molecular weight excluding hydrogens is 278 g/mol. The van der Waals surface area contributed by atoms with Gasteiger partial charge in [0, 0.05) is 24.7 Å². The van der Waals surface area contributed by atoms with Crippen molar-refractivity contribution in [1.29, 1.82) is 0 Å². The Labute approximate surface area is 138 Å². The SMILES string of the molecule is c1ccc(C[C@H]2CN(Cc3ccccc3)c3ccccc32)cc1. The minimum absolute atomic E-state index is 0.581. The number of anilines is 1. The van der Waals surface area contributed by atoms with E-state index < -0.39 is 0 Å². The van der Waals surface area contributed by atoms with Gasteiger partial charge in [-0.3, -0.25) is 0 Å². The Hall–Kier alpha value is -2.54. The lowest BCUT2D eigenvalue weighted by Gasteiger charge is -2.20. The highest BCUT2D eigenvalue weighted by molar-refractivity contribution is 5.60. The molecule has 4 rings (SSSR count). The van der Waals surface area contributed by atoms with Gasteiger partial charge >= 0.3 is 0 Å². The third kappa shape index (κ3) is 3.00. The molecule has 3 aromatic rings. The highest BCUT2D eigenvalue weighted by Gasteiger charge is 2.28. The van der Waals surface area contributed by atoms with Gasteiger partial charge in [-0.25, -0.2) is 0 Å². The molecule has 3 aromatic carbocycles. The Morgan fingerprint density at radius 2 is 1.30 bits per heavy atom. The van der Waals surface area contributed by atoms with Crippen molar-refractivity contribution in [3.63, 3.8) is 0 Å². The first-order chi connectivity index (χ1) is 11.4. The number of nitrogens with zero attached hydrogens (tertiary/aromatic N) is 1. The molecule has 0 fully saturated rings. The second-order valence-corrected chi connectivity index (χ2v) is 6.31. The Kier molecular flexibility index (Phi) is 3.85. The molecule has 23 heavy (non-hydrogen) atoms. The van der Waals surface area contributed by atoms with Crippen LogP contribution in [-0.2, 0) is 13.0 Å². The zero-order valence-corrected chi connectivity index (χ0v) is 13.2. The molecule has 1 heterocycles. The standard InChI is InChI=1S/C22H21N/c1-3-9-18(10-4-1)15-20-17-23(16-19-11-5-2-6-12-19)22-14-8-7-13-21(20)22/h1-14,20H,15-17H2/t20-/m0/s1. The van der Waals surface area contributed by atoms with E-state index in [9.17, 15) is 0 Å². The second-order valence-electron chi connectivity index (χ2n) is 6.31. The van der Waals surface area contributed by atoms with Crippen LogP contribution >= 0.6 is 0 Å². The van der Waals surface area contributed by atoms with Crippen molar-refractivity contribution in [1.82, 2.24) is 0 Å². The van der Waals surface area contributed by atoms with E-state index in [0.717, 1.165) is 19.5 Å². The number of para-hydroxylation sites is 1. The summed E-state index contributed by atoms with van der Waals surface area (Å²) >= 11 is 0. The molecule has 0 amide bonds. The number of benzene rings is 3. The molecule has 1 aliphatic heterocycles. The Morgan fingerprint density at radius 1 is 0.696 bits per heavy atom. The number of fused-ring (bicyclic) bond motifs is 1. The van der Waals surface area contributed by atoms with Gasteiger partial charge in [0.2, 0.25) is 0 Å². The van der Waals surface area contributed by atoms with Crippen molar-refractivity contribution >= 4 is 5.69 Å². The highest BCUT2D eigenvalue weighted by Crippen LogP contribution is 2.38. The summed E-state index contributed by atoms with van der Waals surface area (Å²) in [5, 5.41) is 0. The Bertz CT molecular complexity index is 698. The average Bonchev–Trinajstić information content (AvgIpc) is 2.95. The molecule has 1 heteroatoms. The molecular formula is C22H21N. The van der Waals surface area contributed by atoms with Gasteiger partial charge in [-0.05, 0) is 29.2 Å². The molecule has 0 aliphatic carbocycles. The fourth-order valence-corrected chi connectivity index (χ4v) is 3.61. The first-order valence-corrected chi connectivity index (χ1v) is 8.32. The normalized spacial score (nSPS) is 16.3.